The van der Waals surface area contributed by atoms with E-state index in [9.17, 15) is 4.79 Å². The molecule has 1 aliphatic heterocycles. The highest BCUT2D eigenvalue weighted by Crippen LogP contribution is 2.22. The summed E-state index contributed by atoms with van der Waals surface area (Å²) < 4.78 is 5.13. The van der Waals surface area contributed by atoms with Crippen LogP contribution in [0.25, 0.3) is 6.08 Å². The van der Waals surface area contributed by atoms with Crippen molar-refractivity contribution >= 4 is 17.8 Å². The fraction of sp³-hybridized carbons (Fsp3) is 0.111. The summed E-state index contributed by atoms with van der Waals surface area (Å²) in [7, 11) is 1.62. The number of nitrogens with zero attached hydrogens (tertiary/aromatic N) is 1. The van der Waals surface area contributed by atoms with Crippen LogP contribution in [0.4, 0.5) is 0 Å². The Morgan fingerprint density at radius 1 is 1.14 bits per heavy atom. The van der Waals surface area contributed by atoms with Crippen LogP contribution in [0.5, 0.6) is 5.75 Å². The average molecular weight is 293 g/mol. The zero-order chi connectivity index (χ0) is 15.5. The molecule has 1 aliphatic rings. The summed E-state index contributed by atoms with van der Waals surface area (Å²) in [5, 5.41) is 3.91. The van der Waals surface area contributed by atoms with Crippen LogP contribution in [0.2, 0.25) is 0 Å². The minimum Gasteiger partial charge on any atom is -0.497 e. The van der Waals surface area contributed by atoms with Gasteiger partial charge in [0.15, 0.2) is 0 Å². The van der Waals surface area contributed by atoms with Gasteiger partial charge in [-0.15, -0.1) is 0 Å². The number of methoxy groups -OCH3 is 1. The van der Waals surface area contributed by atoms with Gasteiger partial charge in [0.05, 0.1) is 12.7 Å². The Labute approximate surface area is 128 Å². The fourth-order valence-corrected chi connectivity index (χ4v) is 2.28. The molecule has 0 aliphatic carbocycles. The normalized spacial score (nSPS) is 15.6. The largest absolute Gasteiger partial charge is 0.497 e. The molecule has 0 saturated heterocycles. The average Bonchev–Trinajstić information content (AvgIpc) is 2.89. The molecule has 0 unspecified atom stereocenters. The van der Waals surface area contributed by atoms with Crippen molar-refractivity contribution < 1.29 is 14.4 Å². The maximum atomic E-state index is 11.9. The van der Waals surface area contributed by atoms with Crippen LogP contribution in [0.3, 0.4) is 0 Å². The molecule has 0 spiro atoms. The van der Waals surface area contributed by atoms with E-state index in [1.807, 2.05) is 55.5 Å². The highest BCUT2D eigenvalue weighted by atomic mass is 16.7. The number of hydrogen-bond acceptors (Lipinski definition) is 4. The first-order chi connectivity index (χ1) is 10.7. The molecule has 0 fully saturated rings. The molecule has 3 rings (SSSR count). The summed E-state index contributed by atoms with van der Waals surface area (Å²) in [4.78, 5) is 16.8. The first-order valence-corrected chi connectivity index (χ1v) is 6.90. The van der Waals surface area contributed by atoms with E-state index >= 15 is 0 Å². The number of ether oxygens (including phenoxy) is 1. The third kappa shape index (κ3) is 2.76. The van der Waals surface area contributed by atoms with Gasteiger partial charge in [-0.2, -0.15) is 0 Å². The lowest BCUT2D eigenvalue weighted by molar-refractivity contribution is -0.136. The molecule has 22 heavy (non-hydrogen) atoms. The highest BCUT2D eigenvalue weighted by molar-refractivity contribution is 6.31. The van der Waals surface area contributed by atoms with E-state index in [1.54, 1.807) is 13.2 Å². The van der Waals surface area contributed by atoms with Crippen LogP contribution in [-0.4, -0.2) is 18.8 Å². The summed E-state index contributed by atoms with van der Waals surface area (Å²) in [5.74, 6) is 0.330. The predicted octanol–water partition coefficient (Wildman–Crippen LogP) is 3.35. The quantitative estimate of drug-likeness (QED) is 0.644. The predicted molar refractivity (Wildman–Crippen MR) is 84.8 cm³/mol. The lowest BCUT2D eigenvalue weighted by Crippen LogP contribution is -2.07. The first-order valence-electron chi connectivity index (χ1n) is 6.90. The van der Waals surface area contributed by atoms with Gasteiger partial charge in [0.1, 0.15) is 11.5 Å². The Balaban J connectivity index is 1.97. The van der Waals surface area contributed by atoms with Gasteiger partial charge in [-0.25, -0.2) is 4.79 Å². The number of rotatable bonds is 3. The maximum Gasteiger partial charge on any atom is 0.368 e. The van der Waals surface area contributed by atoms with E-state index in [-0.39, 0.29) is 0 Å². The summed E-state index contributed by atoms with van der Waals surface area (Å²) in [6.07, 6.45) is 1.77. The van der Waals surface area contributed by atoms with Crippen molar-refractivity contribution in [1.29, 1.82) is 0 Å². The Kier molecular flexibility index (Phi) is 3.74. The molecule has 4 heteroatoms. The van der Waals surface area contributed by atoms with Crippen molar-refractivity contribution in [1.82, 2.24) is 0 Å². The number of oxime groups is 1. The molecule has 0 radical (unpaired) electrons. The van der Waals surface area contributed by atoms with Gasteiger partial charge >= 0.3 is 5.97 Å². The SMILES string of the molecule is COc1ccc(C=C2C(=O)ON=C2c2cccc(C)c2)cc1. The first kappa shape index (κ1) is 14.1. The van der Waals surface area contributed by atoms with E-state index < -0.39 is 5.97 Å². The van der Waals surface area contributed by atoms with E-state index in [1.165, 1.54) is 0 Å². The molecule has 0 atom stereocenters. The monoisotopic (exact) mass is 293 g/mol. The number of aryl methyl sites for hydroxylation is 1. The van der Waals surface area contributed by atoms with Gasteiger partial charge in [0.25, 0.3) is 0 Å². The van der Waals surface area contributed by atoms with E-state index in [2.05, 4.69) is 5.16 Å². The van der Waals surface area contributed by atoms with Crippen LogP contribution in [0, 0.1) is 6.92 Å². The van der Waals surface area contributed by atoms with Crippen molar-refractivity contribution in [2.75, 3.05) is 7.11 Å². The molecule has 0 bridgehead atoms. The molecular weight excluding hydrogens is 278 g/mol. The molecule has 0 aromatic heterocycles. The second-order valence-corrected chi connectivity index (χ2v) is 5.02. The van der Waals surface area contributed by atoms with Crippen LogP contribution in [-0.2, 0) is 9.63 Å². The van der Waals surface area contributed by atoms with Gasteiger partial charge < -0.3 is 9.57 Å². The molecule has 4 nitrogen and oxygen atoms in total. The molecule has 0 saturated carbocycles. The molecule has 0 amide bonds. The fourth-order valence-electron chi connectivity index (χ4n) is 2.28. The van der Waals surface area contributed by atoms with Gasteiger partial charge in [-0.3, -0.25) is 0 Å². The molecule has 2 aromatic carbocycles. The molecule has 1 heterocycles. The van der Waals surface area contributed by atoms with Crippen molar-refractivity contribution in [3.8, 4) is 5.75 Å². The Hall–Kier alpha value is -2.88. The van der Waals surface area contributed by atoms with Gasteiger partial charge in [0, 0.05) is 5.56 Å². The zero-order valence-electron chi connectivity index (χ0n) is 12.4. The van der Waals surface area contributed by atoms with Crippen molar-refractivity contribution in [3.63, 3.8) is 0 Å². The molecule has 110 valence electrons. The van der Waals surface area contributed by atoms with Crippen LogP contribution in [0.15, 0.2) is 59.3 Å². The Morgan fingerprint density at radius 2 is 1.91 bits per heavy atom. The molecule has 0 N–H and O–H groups in total. The third-order valence-electron chi connectivity index (χ3n) is 3.41. The standard InChI is InChI=1S/C18H15NO3/c1-12-4-3-5-14(10-12)17-16(18(20)22-19-17)11-13-6-8-15(21-2)9-7-13/h3-11H,1-2H3. The van der Waals surface area contributed by atoms with Crippen LogP contribution in [0.1, 0.15) is 16.7 Å². The molecular formula is C18H15NO3. The maximum absolute atomic E-state index is 11.9. The Morgan fingerprint density at radius 3 is 2.59 bits per heavy atom. The second-order valence-electron chi connectivity index (χ2n) is 5.02. The second kappa shape index (κ2) is 5.85. The van der Waals surface area contributed by atoms with Gasteiger partial charge in [0.2, 0.25) is 0 Å². The third-order valence-corrected chi connectivity index (χ3v) is 3.41. The van der Waals surface area contributed by atoms with Crippen molar-refractivity contribution in [2.45, 2.75) is 6.92 Å². The lowest BCUT2D eigenvalue weighted by atomic mass is 9.99. The van der Waals surface area contributed by atoms with Crippen molar-refractivity contribution in [3.05, 3.63) is 70.8 Å². The minimum absolute atomic E-state index is 0.438. The summed E-state index contributed by atoms with van der Waals surface area (Å²) >= 11 is 0. The minimum atomic E-state index is -0.438. The van der Waals surface area contributed by atoms with Gasteiger partial charge in [-0.1, -0.05) is 41.1 Å². The Bertz CT molecular complexity index is 773. The summed E-state index contributed by atoms with van der Waals surface area (Å²) in [6, 6.07) is 15.3. The number of benzene rings is 2. The van der Waals surface area contributed by atoms with Crippen LogP contribution < -0.4 is 4.74 Å². The lowest BCUT2D eigenvalue weighted by Gasteiger charge is -2.03. The topological polar surface area (TPSA) is 47.9 Å². The summed E-state index contributed by atoms with van der Waals surface area (Å²) in [5.41, 5.74) is 3.87. The van der Waals surface area contributed by atoms with E-state index in [0.717, 1.165) is 22.4 Å². The smallest absolute Gasteiger partial charge is 0.368 e. The zero-order valence-corrected chi connectivity index (χ0v) is 12.4. The molecule has 2 aromatic rings. The van der Waals surface area contributed by atoms with E-state index in [0.29, 0.717) is 11.3 Å². The summed E-state index contributed by atoms with van der Waals surface area (Å²) in [6.45, 7) is 1.99. The number of carbonyl (C=O) groups is 1. The number of carbonyl (C=O) groups excluding carboxylic acids is 1. The number of hydrogen-bond donors (Lipinski definition) is 0. The highest BCUT2D eigenvalue weighted by Gasteiger charge is 2.26. The van der Waals surface area contributed by atoms with Crippen molar-refractivity contribution in [2.24, 2.45) is 5.16 Å². The van der Waals surface area contributed by atoms with Crippen LogP contribution >= 0.6 is 0 Å². The van der Waals surface area contributed by atoms with E-state index in [4.69, 9.17) is 9.57 Å². The van der Waals surface area contributed by atoms with Gasteiger partial charge in [-0.05, 0) is 36.8 Å².